The van der Waals surface area contributed by atoms with Crippen LogP contribution in [0.5, 0.6) is 0 Å². The van der Waals surface area contributed by atoms with Gasteiger partial charge in [0.2, 0.25) is 0 Å². The average Bonchev–Trinajstić information content (AvgIpc) is 1.97. The first-order chi connectivity index (χ1) is 5.25. The highest BCUT2D eigenvalue weighted by Crippen LogP contribution is 2.16. The van der Waals surface area contributed by atoms with Gasteiger partial charge in [0.05, 0.1) is 6.21 Å². The van der Waals surface area contributed by atoms with Crippen molar-refractivity contribution in [2.45, 2.75) is 0 Å². The van der Waals surface area contributed by atoms with Gasteiger partial charge in [-0.1, -0.05) is 16.8 Å². The third-order valence-corrected chi connectivity index (χ3v) is 2.32. The van der Waals surface area contributed by atoms with Crippen molar-refractivity contribution in [2.75, 3.05) is 0 Å². The molecule has 1 aromatic heterocycles. The van der Waals surface area contributed by atoms with Gasteiger partial charge in [0.15, 0.2) is 0 Å². The molecular formula is C6H4ClIN2O. The molecule has 1 N–H and O–H groups in total. The second-order valence-electron chi connectivity index (χ2n) is 1.74. The van der Waals surface area contributed by atoms with Crippen LogP contribution in [0.25, 0.3) is 0 Å². The lowest BCUT2D eigenvalue weighted by Crippen LogP contribution is -1.90. The van der Waals surface area contributed by atoms with E-state index in [2.05, 4.69) is 32.7 Å². The second-order valence-corrected chi connectivity index (χ2v) is 3.26. The third kappa shape index (κ3) is 2.03. The van der Waals surface area contributed by atoms with Gasteiger partial charge in [-0.05, 0) is 28.7 Å². The second kappa shape index (κ2) is 3.87. The number of pyridine rings is 1. The largest absolute Gasteiger partial charge is 0.411 e. The molecule has 58 valence electrons. The van der Waals surface area contributed by atoms with Gasteiger partial charge in [0.25, 0.3) is 0 Å². The summed E-state index contributed by atoms with van der Waals surface area (Å²) in [5.74, 6) is 0. The fourth-order valence-corrected chi connectivity index (χ4v) is 1.52. The lowest BCUT2D eigenvalue weighted by atomic mass is 10.3. The molecule has 1 aromatic rings. The van der Waals surface area contributed by atoms with Crippen LogP contribution in [0, 0.1) is 3.57 Å². The van der Waals surface area contributed by atoms with E-state index in [-0.39, 0.29) is 0 Å². The molecule has 1 rings (SSSR count). The monoisotopic (exact) mass is 282 g/mol. The summed E-state index contributed by atoms with van der Waals surface area (Å²) in [5.41, 5.74) is 0.636. The van der Waals surface area contributed by atoms with E-state index in [0.29, 0.717) is 10.7 Å². The van der Waals surface area contributed by atoms with Gasteiger partial charge in [-0.15, -0.1) is 0 Å². The highest BCUT2D eigenvalue weighted by molar-refractivity contribution is 14.1. The van der Waals surface area contributed by atoms with Crippen LogP contribution in [0.15, 0.2) is 17.4 Å². The van der Waals surface area contributed by atoms with Gasteiger partial charge in [0.1, 0.15) is 5.15 Å². The molecule has 0 aliphatic rings. The maximum Gasteiger partial charge on any atom is 0.138 e. The number of hydrogen-bond donors (Lipinski definition) is 1. The zero-order valence-corrected chi connectivity index (χ0v) is 8.24. The van der Waals surface area contributed by atoms with Gasteiger partial charge >= 0.3 is 0 Å². The molecule has 1 heterocycles. The first-order valence-corrected chi connectivity index (χ1v) is 4.19. The summed E-state index contributed by atoms with van der Waals surface area (Å²) >= 11 is 7.77. The topological polar surface area (TPSA) is 45.5 Å². The number of hydrogen-bond acceptors (Lipinski definition) is 3. The molecule has 0 unspecified atom stereocenters. The predicted octanol–water partition coefficient (Wildman–Crippen LogP) is 2.15. The highest BCUT2D eigenvalue weighted by Gasteiger charge is 2.01. The maximum atomic E-state index is 8.25. The summed E-state index contributed by atoms with van der Waals surface area (Å²) in [5, 5.41) is 11.5. The summed E-state index contributed by atoms with van der Waals surface area (Å²) in [6, 6.07) is 1.78. The molecule has 0 aliphatic carbocycles. The van der Waals surface area contributed by atoms with Crippen LogP contribution in [0.3, 0.4) is 0 Å². The average molecular weight is 282 g/mol. The SMILES string of the molecule is ON=Cc1c(I)ccnc1Cl. The van der Waals surface area contributed by atoms with Crippen LogP contribution in [0.2, 0.25) is 5.15 Å². The predicted molar refractivity (Wildman–Crippen MR) is 51.3 cm³/mol. The van der Waals surface area contributed by atoms with Crippen molar-refractivity contribution in [3.05, 3.63) is 26.5 Å². The lowest BCUT2D eigenvalue weighted by Gasteiger charge is -1.97. The number of nitrogens with zero attached hydrogens (tertiary/aromatic N) is 2. The molecule has 0 atom stereocenters. The molecule has 0 aliphatic heterocycles. The Bertz CT molecular complexity index is 270. The molecule has 3 nitrogen and oxygen atoms in total. The molecule has 0 radical (unpaired) electrons. The Hall–Kier alpha value is -0.360. The van der Waals surface area contributed by atoms with Crippen LogP contribution in [-0.2, 0) is 0 Å². The molecule has 0 saturated heterocycles. The minimum Gasteiger partial charge on any atom is -0.411 e. The Labute approximate surface area is 82.2 Å². The Balaban J connectivity index is 3.20. The highest BCUT2D eigenvalue weighted by atomic mass is 127. The number of aromatic nitrogens is 1. The van der Waals surface area contributed by atoms with Crippen LogP contribution < -0.4 is 0 Å². The number of oxime groups is 1. The van der Waals surface area contributed by atoms with E-state index in [4.69, 9.17) is 16.8 Å². The minimum atomic E-state index is 0.342. The molecule has 0 saturated carbocycles. The fourth-order valence-electron chi connectivity index (χ4n) is 0.599. The van der Waals surface area contributed by atoms with Crippen molar-refractivity contribution in [2.24, 2.45) is 5.16 Å². The van der Waals surface area contributed by atoms with Crippen molar-refractivity contribution >= 4 is 40.4 Å². The molecule has 0 fully saturated rings. The first kappa shape index (κ1) is 8.73. The third-order valence-electron chi connectivity index (χ3n) is 1.08. The van der Waals surface area contributed by atoms with E-state index < -0.39 is 0 Å². The quantitative estimate of drug-likeness (QED) is 0.282. The Morgan fingerprint density at radius 2 is 2.45 bits per heavy atom. The van der Waals surface area contributed by atoms with Gasteiger partial charge in [0, 0.05) is 15.3 Å². The van der Waals surface area contributed by atoms with E-state index in [1.165, 1.54) is 6.21 Å². The molecule has 0 amide bonds. The summed E-state index contributed by atoms with van der Waals surface area (Å²) in [7, 11) is 0. The van der Waals surface area contributed by atoms with E-state index in [0.717, 1.165) is 3.57 Å². The van der Waals surface area contributed by atoms with Crippen molar-refractivity contribution < 1.29 is 5.21 Å². The first-order valence-electron chi connectivity index (χ1n) is 2.73. The lowest BCUT2D eigenvalue weighted by molar-refractivity contribution is 0.322. The summed E-state index contributed by atoms with van der Waals surface area (Å²) in [6.45, 7) is 0. The van der Waals surface area contributed by atoms with Gasteiger partial charge in [-0.25, -0.2) is 4.98 Å². The number of halogens is 2. The normalized spacial score (nSPS) is 10.7. The van der Waals surface area contributed by atoms with E-state index in [1.54, 1.807) is 12.3 Å². The van der Waals surface area contributed by atoms with Crippen LogP contribution in [0.4, 0.5) is 0 Å². The van der Waals surface area contributed by atoms with Gasteiger partial charge in [-0.2, -0.15) is 0 Å². The van der Waals surface area contributed by atoms with E-state index >= 15 is 0 Å². The van der Waals surface area contributed by atoms with Crippen molar-refractivity contribution in [1.29, 1.82) is 0 Å². The van der Waals surface area contributed by atoms with E-state index in [9.17, 15) is 0 Å². The van der Waals surface area contributed by atoms with Crippen LogP contribution in [-0.4, -0.2) is 16.4 Å². The van der Waals surface area contributed by atoms with Gasteiger partial charge < -0.3 is 5.21 Å². The summed E-state index contributed by atoms with van der Waals surface area (Å²) in [6.07, 6.45) is 2.86. The molecule has 0 aromatic carbocycles. The zero-order chi connectivity index (χ0) is 8.27. The Kier molecular flexibility index (Phi) is 3.07. The Morgan fingerprint density at radius 1 is 1.73 bits per heavy atom. The zero-order valence-electron chi connectivity index (χ0n) is 5.33. The van der Waals surface area contributed by atoms with Crippen LogP contribution >= 0.6 is 34.2 Å². The molecule has 0 spiro atoms. The summed E-state index contributed by atoms with van der Waals surface area (Å²) < 4.78 is 0.903. The van der Waals surface area contributed by atoms with Crippen molar-refractivity contribution in [3.63, 3.8) is 0 Å². The molecule has 11 heavy (non-hydrogen) atoms. The maximum absolute atomic E-state index is 8.25. The molecule has 0 bridgehead atoms. The van der Waals surface area contributed by atoms with E-state index in [1.807, 2.05) is 0 Å². The Morgan fingerprint density at radius 3 is 3.00 bits per heavy atom. The molecular weight excluding hydrogens is 278 g/mol. The minimum absolute atomic E-state index is 0.342. The smallest absolute Gasteiger partial charge is 0.138 e. The van der Waals surface area contributed by atoms with Crippen molar-refractivity contribution in [1.82, 2.24) is 4.98 Å². The van der Waals surface area contributed by atoms with Crippen molar-refractivity contribution in [3.8, 4) is 0 Å². The van der Waals surface area contributed by atoms with Gasteiger partial charge in [-0.3, -0.25) is 0 Å². The number of rotatable bonds is 1. The summed E-state index contributed by atoms with van der Waals surface area (Å²) in [4.78, 5) is 3.82. The molecule has 5 heteroatoms. The standard InChI is InChI=1S/C6H4ClIN2O/c7-6-4(3-10-11)5(8)1-2-9-6/h1-3,11H. The van der Waals surface area contributed by atoms with Crippen LogP contribution in [0.1, 0.15) is 5.56 Å². The fraction of sp³-hybridized carbons (Fsp3) is 0.